The average molecular weight is 436 g/mol. The minimum Gasteiger partial charge on any atom is -0.489 e. The van der Waals surface area contributed by atoms with Gasteiger partial charge in [-0.1, -0.05) is 72.8 Å². The summed E-state index contributed by atoms with van der Waals surface area (Å²) in [6, 6.07) is 35.0. The summed E-state index contributed by atoms with van der Waals surface area (Å²) in [4.78, 5) is 12.3. The Balaban J connectivity index is 1.27. The standard InChI is InChI=1S/C29H25NO3/c31-29(30-26-15-17-27(18-16-26)32-21-24-8-3-1-4-9-24)19-14-23-12-7-13-28(20-23)33-22-25-10-5-2-6-11-25/h1-20H,21-22H2,(H,30,31)/b19-14+. The molecule has 0 radical (unpaired) electrons. The highest BCUT2D eigenvalue weighted by atomic mass is 16.5. The molecule has 4 aromatic carbocycles. The second kappa shape index (κ2) is 11.3. The topological polar surface area (TPSA) is 47.6 Å². The minimum absolute atomic E-state index is 0.205. The van der Waals surface area contributed by atoms with Gasteiger partial charge in [0, 0.05) is 11.8 Å². The highest BCUT2D eigenvalue weighted by molar-refractivity contribution is 6.01. The van der Waals surface area contributed by atoms with Gasteiger partial charge in [0.1, 0.15) is 24.7 Å². The first-order valence-electron chi connectivity index (χ1n) is 10.8. The number of amides is 1. The summed E-state index contributed by atoms with van der Waals surface area (Å²) in [6.45, 7) is 1.00. The van der Waals surface area contributed by atoms with Crippen LogP contribution in [0.5, 0.6) is 11.5 Å². The summed E-state index contributed by atoms with van der Waals surface area (Å²) in [5.74, 6) is 1.30. The van der Waals surface area contributed by atoms with Crippen molar-refractivity contribution in [3.05, 3.63) is 132 Å². The molecule has 164 valence electrons. The van der Waals surface area contributed by atoms with Crippen LogP contribution in [0.25, 0.3) is 6.08 Å². The van der Waals surface area contributed by atoms with Crippen molar-refractivity contribution >= 4 is 17.7 Å². The van der Waals surface area contributed by atoms with E-state index in [2.05, 4.69) is 5.32 Å². The molecule has 4 heteroatoms. The number of carbonyl (C=O) groups is 1. The van der Waals surface area contributed by atoms with Crippen LogP contribution in [-0.2, 0) is 18.0 Å². The second-order valence-electron chi connectivity index (χ2n) is 7.47. The molecule has 0 fully saturated rings. The molecule has 1 N–H and O–H groups in total. The Bertz CT molecular complexity index is 1190. The van der Waals surface area contributed by atoms with Gasteiger partial charge in [0.2, 0.25) is 5.91 Å². The maximum atomic E-state index is 12.3. The van der Waals surface area contributed by atoms with E-state index in [1.807, 2.05) is 109 Å². The van der Waals surface area contributed by atoms with Crippen molar-refractivity contribution in [2.45, 2.75) is 13.2 Å². The first-order valence-corrected chi connectivity index (χ1v) is 10.8. The number of hydrogen-bond donors (Lipinski definition) is 1. The van der Waals surface area contributed by atoms with Crippen molar-refractivity contribution in [1.29, 1.82) is 0 Å². The zero-order valence-corrected chi connectivity index (χ0v) is 18.2. The van der Waals surface area contributed by atoms with Gasteiger partial charge < -0.3 is 14.8 Å². The third-order valence-corrected chi connectivity index (χ3v) is 4.90. The Labute approximate surface area is 194 Å². The number of nitrogens with one attached hydrogen (secondary N) is 1. The van der Waals surface area contributed by atoms with Gasteiger partial charge in [-0.05, 0) is 59.2 Å². The molecule has 0 aliphatic heterocycles. The molecule has 0 saturated carbocycles. The van der Waals surface area contributed by atoms with Crippen LogP contribution in [0, 0.1) is 0 Å². The third kappa shape index (κ3) is 7.11. The smallest absolute Gasteiger partial charge is 0.248 e. The van der Waals surface area contributed by atoms with E-state index < -0.39 is 0 Å². The number of anilines is 1. The van der Waals surface area contributed by atoms with Crippen LogP contribution in [0.2, 0.25) is 0 Å². The zero-order valence-electron chi connectivity index (χ0n) is 18.2. The second-order valence-corrected chi connectivity index (χ2v) is 7.47. The van der Waals surface area contributed by atoms with Crippen molar-refractivity contribution in [2.75, 3.05) is 5.32 Å². The molecule has 0 bridgehead atoms. The van der Waals surface area contributed by atoms with E-state index >= 15 is 0 Å². The fourth-order valence-electron chi connectivity index (χ4n) is 3.18. The van der Waals surface area contributed by atoms with Gasteiger partial charge in [-0.2, -0.15) is 0 Å². The van der Waals surface area contributed by atoms with Crippen LogP contribution < -0.4 is 14.8 Å². The molecule has 0 spiro atoms. The fourth-order valence-corrected chi connectivity index (χ4v) is 3.18. The maximum absolute atomic E-state index is 12.3. The first-order chi connectivity index (χ1) is 16.2. The monoisotopic (exact) mass is 435 g/mol. The van der Waals surface area contributed by atoms with Crippen LogP contribution in [0.3, 0.4) is 0 Å². The molecule has 4 rings (SSSR count). The van der Waals surface area contributed by atoms with Crippen molar-refractivity contribution in [3.8, 4) is 11.5 Å². The average Bonchev–Trinajstić information content (AvgIpc) is 2.87. The lowest BCUT2D eigenvalue weighted by atomic mass is 10.2. The lowest BCUT2D eigenvalue weighted by Gasteiger charge is -2.08. The van der Waals surface area contributed by atoms with E-state index in [1.165, 1.54) is 6.08 Å². The number of carbonyl (C=O) groups excluding carboxylic acids is 1. The molecule has 4 aromatic rings. The van der Waals surface area contributed by atoms with Gasteiger partial charge >= 0.3 is 0 Å². The van der Waals surface area contributed by atoms with Crippen LogP contribution in [0.4, 0.5) is 5.69 Å². The first kappa shape index (κ1) is 21.9. The van der Waals surface area contributed by atoms with Crippen molar-refractivity contribution in [1.82, 2.24) is 0 Å². The highest BCUT2D eigenvalue weighted by Gasteiger charge is 2.01. The Morgan fingerprint density at radius 1 is 0.667 bits per heavy atom. The van der Waals surface area contributed by atoms with Gasteiger partial charge in [-0.3, -0.25) is 4.79 Å². The van der Waals surface area contributed by atoms with Gasteiger partial charge in [0.15, 0.2) is 0 Å². The molecule has 33 heavy (non-hydrogen) atoms. The van der Waals surface area contributed by atoms with Crippen LogP contribution in [0.15, 0.2) is 115 Å². The number of ether oxygens (including phenoxy) is 2. The van der Waals surface area contributed by atoms with Crippen LogP contribution in [-0.4, -0.2) is 5.91 Å². The molecule has 0 heterocycles. The molecule has 0 aliphatic rings. The molecule has 4 nitrogen and oxygen atoms in total. The predicted molar refractivity (Wildman–Crippen MR) is 132 cm³/mol. The Hall–Kier alpha value is -4.31. The lowest BCUT2D eigenvalue weighted by molar-refractivity contribution is -0.111. The SMILES string of the molecule is O=C(/C=C/c1cccc(OCc2ccccc2)c1)Nc1ccc(OCc2ccccc2)cc1. The van der Waals surface area contributed by atoms with Crippen molar-refractivity contribution in [2.24, 2.45) is 0 Å². The molecule has 0 saturated heterocycles. The van der Waals surface area contributed by atoms with E-state index in [0.29, 0.717) is 18.9 Å². The zero-order chi connectivity index (χ0) is 22.7. The largest absolute Gasteiger partial charge is 0.489 e. The molecule has 0 aliphatic carbocycles. The van der Waals surface area contributed by atoms with E-state index in [-0.39, 0.29) is 5.91 Å². The lowest BCUT2D eigenvalue weighted by Crippen LogP contribution is -2.07. The predicted octanol–water partition coefficient (Wildman–Crippen LogP) is 6.50. The van der Waals surface area contributed by atoms with Crippen LogP contribution >= 0.6 is 0 Å². The number of benzene rings is 4. The van der Waals surface area contributed by atoms with Crippen LogP contribution in [0.1, 0.15) is 16.7 Å². The molecular weight excluding hydrogens is 410 g/mol. The summed E-state index contributed by atoms with van der Waals surface area (Å²) in [5.41, 5.74) is 3.81. The summed E-state index contributed by atoms with van der Waals surface area (Å²) >= 11 is 0. The Morgan fingerprint density at radius 2 is 1.27 bits per heavy atom. The molecule has 0 aromatic heterocycles. The number of hydrogen-bond acceptors (Lipinski definition) is 3. The summed E-state index contributed by atoms with van der Waals surface area (Å²) < 4.78 is 11.6. The molecule has 0 unspecified atom stereocenters. The third-order valence-electron chi connectivity index (χ3n) is 4.90. The van der Waals surface area contributed by atoms with Crippen molar-refractivity contribution in [3.63, 3.8) is 0 Å². The quantitative estimate of drug-likeness (QED) is 0.305. The molecule has 0 atom stereocenters. The Morgan fingerprint density at radius 3 is 1.91 bits per heavy atom. The Kier molecular flexibility index (Phi) is 7.53. The van der Waals surface area contributed by atoms with E-state index in [4.69, 9.17) is 9.47 Å². The summed E-state index contributed by atoms with van der Waals surface area (Å²) in [6.07, 6.45) is 3.28. The minimum atomic E-state index is -0.205. The molecular formula is C29H25NO3. The van der Waals surface area contributed by atoms with Gasteiger partial charge in [0.05, 0.1) is 0 Å². The summed E-state index contributed by atoms with van der Waals surface area (Å²) in [5, 5.41) is 2.86. The van der Waals surface area contributed by atoms with E-state index in [9.17, 15) is 4.79 Å². The number of rotatable bonds is 9. The molecule has 1 amide bonds. The van der Waals surface area contributed by atoms with E-state index in [0.717, 1.165) is 28.2 Å². The van der Waals surface area contributed by atoms with E-state index in [1.54, 1.807) is 6.08 Å². The maximum Gasteiger partial charge on any atom is 0.248 e. The van der Waals surface area contributed by atoms with Gasteiger partial charge in [-0.25, -0.2) is 0 Å². The summed E-state index contributed by atoms with van der Waals surface area (Å²) in [7, 11) is 0. The fraction of sp³-hybridized carbons (Fsp3) is 0.0690. The normalized spacial score (nSPS) is 10.7. The van der Waals surface area contributed by atoms with Gasteiger partial charge in [-0.15, -0.1) is 0 Å². The van der Waals surface area contributed by atoms with Crippen molar-refractivity contribution < 1.29 is 14.3 Å². The highest BCUT2D eigenvalue weighted by Crippen LogP contribution is 2.18. The van der Waals surface area contributed by atoms with Gasteiger partial charge in [0.25, 0.3) is 0 Å².